The van der Waals surface area contributed by atoms with Crippen LogP contribution in [0.4, 0.5) is 5.69 Å². The molecule has 2 aromatic carbocycles. The van der Waals surface area contributed by atoms with E-state index in [4.69, 9.17) is 9.47 Å². The van der Waals surface area contributed by atoms with E-state index in [1.54, 1.807) is 6.07 Å². The molecule has 9 heteroatoms. The normalized spacial score (nSPS) is 15.0. The Morgan fingerprint density at radius 1 is 1.26 bits per heavy atom. The maximum Gasteiger partial charge on any atom is 0.247 e. The van der Waals surface area contributed by atoms with E-state index < -0.39 is 6.23 Å². The van der Waals surface area contributed by atoms with Crippen LogP contribution in [0.2, 0.25) is 0 Å². The van der Waals surface area contributed by atoms with Crippen LogP contribution < -0.4 is 14.8 Å². The van der Waals surface area contributed by atoms with Gasteiger partial charge >= 0.3 is 0 Å². The van der Waals surface area contributed by atoms with Gasteiger partial charge in [0.1, 0.15) is 0 Å². The lowest BCUT2D eigenvalue weighted by atomic mass is 10.1. The van der Waals surface area contributed by atoms with E-state index in [1.165, 1.54) is 18.9 Å². The minimum Gasteiger partial charge on any atom is -0.504 e. The lowest BCUT2D eigenvalue weighted by molar-refractivity contribution is 0.224. The molecule has 0 amide bonds. The number of anilines is 1. The van der Waals surface area contributed by atoms with Crippen LogP contribution in [0.15, 0.2) is 41.6 Å². The number of benzene rings is 2. The molecule has 1 aliphatic heterocycles. The van der Waals surface area contributed by atoms with Gasteiger partial charge in [-0.05, 0) is 47.0 Å². The van der Waals surface area contributed by atoms with Crippen molar-refractivity contribution in [3.05, 3.63) is 45.5 Å². The van der Waals surface area contributed by atoms with E-state index >= 15 is 0 Å². The highest BCUT2D eigenvalue weighted by Gasteiger charge is 2.27. The predicted molar refractivity (Wildman–Crippen MR) is 111 cm³/mol. The molecular weight excluding hydrogens is 479 g/mol. The summed E-state index contributed by atoms with van der Waals surface area (Å²) in [5.74, 6) is 0.884. The van der Waals surface area contributed by atoms with Crippen molar-refractivity contribution < 1.29 is 14.6 Å². The summed E-state index contributed by atoms with van der Waals surface area (Å²) in [6.45, 7) is 0. The van der Waals surface area contributed by atoms with E-state index in [0.717, 1.165) is 16.8 Å². The Morgan fingerprint density at radius 2 is 2.07 bits per heavy atom. The number of rotatable bonds is 3. The van der Waals surface area contributed by atoms with Gasteiger partial charge in [-0.1, -0.05) is 30.0 Å². The van der Waals surface area contributed by atoms with E-state index in [1.807, 2.05) is 36.6 Å². The van der Waals surface area contributed by atoms with E-state index in [9.17, 15) is 5.11 Å². The van der Waals surface area contributed by atoms with Crippen LogP contribution in [-0.2, 0) is 0 Å². The fourth-order valence-electron chi connectivity index (χ4n) is 2.79. The van der Waals surface area contributed by atoms with Crippen molar-refractivity contribution in [2.24, 2.45) is 0 Å². The van der Waals surface area contributed by atoms with Gasteiger partial charge in [-0.25, -0.2) is 0 Å². The topological polar surface area (TPSA) is 89.4 Å². The first-order valence-corrected chi connectivity index (χ1v) is 10.3. The number of halogens is 1. The number of hydrogen-bond donors (Lipinski definition) is 2. The summed E-state index contributed by atoms with van der Waals surface area (Å²) in [5.41, 5.74) is 3.10. The Morgan fingerprint density at radius 3 is 2.85 bits per heavy atom. The Balaban J connectivity index is 1.86. The number of methoxy groups -OCH3 is 1. The van der Waals surface area contributed by atoms with Crippen molar-refractivity contribution in [1.29, 1.82) is 0 Å². The van der Waals surface area contributed by atoms with Gasteiger partial charge in [0.15, 0.2) is 23.4 Å². The second kappa shape index (κ2) is 7.39. The molecule has 1 atom stereocenters. The smallest absolute Gasteiger partial charge is 0.247 e. The fourth-order valence-corrected chi connectivity index (χ4v) is 3.71. The molecule has 0 fully saturated rings. The molecule has 0 bridgehead atoms. The summed E-state index contributed by atoms with van der Waals surface area (Å²) in [5, 5.41) is 22.5. The molecule has 3 aromatic rings. The first kappa shape index (κ1) is 18.1. The number of ether oxygens (including phenoxy) is 2. The van der Waals surface area contributed by atoms with Gasteiger partial charge in [0, 0.05) is 16.8 Å². The third-order valence-corrected chi connectivity index (χ3v) is 5.45. The number of para-hydroxylation sites is 1. The number of hydrogen-bond acceptors (Lipinski definition) is 8. The second-order valence-corrected chi connectivity index (χ2v) is 7.63. The first-order chi connectivity index (χ1) is 13.1. The molecule has 2 N–H and O–H groups in total. The van der Waals surface area contributed by atoms with Crippen molar-refractivity contribution in [3.63, 3.8) is 0 Å². The Kier molecular flexibility index (Phi) is 4.96. The van der Waals surface area contributed by atoms with Gasteiger partial charge < -0.3 is 19.9 Å². The highest BCUT2D eigenvalue weighted by molar-refractivity contribution is 14.1. The quantitative estimate of drug-likeness (QED) is 0.416. The fraction of sp³-hybridized carbons (Fsp3) is 0.167. The van der Waals surface area contributed by atoms with Gasteiger partial charge in [0.25, 0.3) is 0 Å². The second-order valence-electron chi connectivity index (χ2n) is 5.69. The van der Waals surface area contributed by atoms with Crippen LogP contribution in [0.1, 0.15) is 11.8 Å². The summed E-state index contributed by atoms with van der Waals surface area (Å²) in [6, 6.07) is 11.4. The van der Waals surface area contributed by atoms with Crippen molar-refractivity contribution in [2.75, 3.05) is 18.7 Å². The Hall–Kier alpha value is -2.27. The molecule has 0 saturated heterocycles. The highest BCUT2D eigenvalue weighted by Crippen LogP contribution is 2.41. The number of aromatic nitrogens is 3. The number of phenolic OH excluding ortho intramolecular Hbond substituents is 1. The molecule has 1 aliphatic rings. The maximum atomic E-state index is 10.1. The maximum absolute atomic E-state index is 10.1. The minimum absolute atomic E-state index is 0.102. The molecule has 0 radical (unpaired) electrons. The van der Waals surface area contributed by atoms with Crippen LogP contribution in [0.5, 0.6) is 17.4 Å². The summed E-state index contributed by atoms with van der Waals surface area (Å²) in [6.07, 6.45) is 1.35. The van der Waals surface area contributed by atoms with Crippen LogP contribution in [-0.4, -0.2) is 33.7 Å². The third-order valence-electron chi connectivity index (χ3n) is 4.09. The van der Waals surface area contributed by atoms with E-state index in [0.29, 0.717) is 26.1 Å². The average molecular weight is 494 g/mol. The molecule has 7 nitrogen and oxygen atoms in total. The average Bonchev–Trinajstić information content (AvgIpc) is 2.86. The Labute approximate surface area is 173 Å². The van der Waals surface area contributed by atoms with Crippen molar-refractivity contribution in [3.8, 4) is 28.6 Å². The molecule has 0 saturated carbocycles. The number of nitrogens with one attached hydrogen (secondary N) is 1. The van der Waals surface area contributed by atoms with Gasteiger partial charge in [-0.3, -0.25) is 0 Å². The summed E-state index contributed by atoms with van der Waals surface area (Å²) >= 11 is 3.46. The molecule has 0 aliphatic carbocycles. The third kappa shape index (κ3) is 3.36. The van der Waals surface area contributed by atoms with Gasteiger partial charge in [-0.15, -0.1) is 10.2 Å². The summed E-state index contributed by atoms with van der Waals surface area (Å²) < 4.78 is 12.1. The lowest BCUT2D eigenvalue weighted by Gasteiger charge is -2.20. The zero-order valence-corrected chi connectivity index (χ0v) is 17.4. The molecule has 138 valence electrons. The van der Waals surface area contributed by atoms with Gasteiger partial charge in [-0.2, -0.15) is 4.98 Å². The summed E-state index contributed by atoms with van der Waals surface area (Å²) in [4.78, 5) is 4.49. The SMILES string of the molecule is COc1cc(C2Nc3ccccc3-c3nnc(SC)nc3O2)cc(I)c1O. The predicted octanol–water partition coefficient (Wildman–Crippen LogP) is 4.08. The first-order valence-electron chi connectivity index (χ1n) is 7.98. The largest absolute Gasteiger partial charge is 0.504 e. The monoisotopic (exact) mass is 494 g/mol. The molecule has 2 heterocycles. The number of aromatic hydroxyl groups is 1. The zero-order valence-electron chi connectivity index (χ0n) is 14.4. The van der Waals surface area contributed by atoms with Crippen molar-refractivity contribution >= 4 is 40.0 Å². The number of fused-ring (bicyclic) bond motifs is 3. The molecular formula is C18H15IN4O3S. The number of phenols is 1. The zero-order chi connectivity index (χ0) is 19.0. The van der Waals surface area contributed by atoms with Gasteiger partial charge in [0.05, 0.1) is 10.7 Å². The van der Waals surface area contributed by atoms with Crippen LogP contribution in [0.25, 0.3) is 11.3 Å². The minimum atomic E-state index is -0.540. The van der Waals surface area contributed by atoms with Gasteiger partial charge in [0.2, 0.25) is 11.0 Å². The van der Waals surface area contributed by atoms with Crippen LogP contribution >= 0.6 is 34.4 Å². The van der Waals surface area contributed by atoms with Crippen molar-refractivity contribution in [1.82, 2.24) is 15.2 Å². The Bertz CT molecular complexity index is 1020. The molecule has 1 aromatic heterocycles. The molecule has 27 heavy (non-hydrogen) atoms. The highest BCUT2D eigenvalue weighted by atomic mass is 127. The lowest BCUT2D eigenvalue weighted by Crippen LogP contribution is -2.17. The molecule has 0 spiro atoms. The molecule has 1 unspecified atom stereocenters. The summed E-state index contributed by atoms with van der Waals surface area (Å²) in [7, 11) is 1.52. The number of nitrogens with zero attached hydrogens (tertiary/aromatic N) is 3. The standard InChI is InChI=1S/C18H15IN4O3S/c1-25-13-8-9(7-11(19)15(13)24)16-20-12-6-4-3-5-10(12)14-17(26-16)21-18(27-2)23-22-14/h3-8,16,20,24H,1-2H3. The van der Waals surface area contributed by atoms with E-state index in [-0.39, 0.29) is 5.75 Å². The molecule has 4 rings (SSSR count). The van der Waals surface area contributed by atoms with Crippen molar-refractivity contribution in [2.45, 2.75) is 11.4 Å². The van der Waals surface area contributed by atoms with E-state index in [2.05, 4.69) is 43.1 Å². The van der Waals surface area contributed by atoms with Crippen LogP contribution in [0.3, 0.4) is 0 Å². The number of thioether (sulfide) groups is 1. The van der Waals surface area contributed by atoms with Crippen LogP contribution in [0, 0.1) is 3.57 Å².